The zero-order valence-corrected chi connectivity index (χ0v) is 18.0. The van der Waals surface area contributed by atoms with Crippen molar-refractivity contribution in [3.8, 4) is 11.4 Å². The molecule has 0 saturated carbocycles. The standard InChI is InChI=1S/C22H22N4O4S/c1-3-30-20(27)16-12-23-21(28)24-18(16)13-31-22-25-17-6-4-5-7-19(17)26(22)14-8-10-15(29-2)11-9-14/h4-11H,3,12-13H2,1-2H3,(H2,23,24,28). The summed E-state index contributed by atoms with van der Waals surface area (Å²) < 4.78 is 12.4. The largest absolute Gasteiger partial charge is 0.497 e. The number of hydrogen-bond acceptors (Lipinski definition) is 6. The molecule has 0 atom stereocenters. The Balaban J connectivity index is 1.69. The average Bonchev–Trinajstić information content (AvgIpc) is 3.16. The number of benzene rings is 2. The predicted octanol–water partition coefficient (Wildman–Crippen LogP) is 3.26. The highest BCUT2D eigenvalue weighted by molar-refractivity contribution is 7.99. The Morgan fingerprint density at radius 2 is 1.97 bits per heavy atom. The molecule has 0 aliphatic carbocycles. The molecule has 4 rings (SSSR count). The summed E-state index contributed by atoms with van der Waals surface area (Å²) in [5, 5.41) is 6.10. The molecule has 9 heteroatoms. The SMILES string of the molecule is CCOC(=O)C1=C(CSc2nc3ccccc3n2-c2ccc(OC)cc2)NC(=O)NC1. The Labute approximate surface area is 183 Å². The Bertz CT molecular complexity index is 1150. The molecule has 1 aliphatic heterocycles. The lowest BCUT2D eigenvalue weighted by molar-refractivity contribution is -0.138. The van der Waals surface area contributed by atoms with Crippen molar-refractivity contribution < 1.29 is 19.1 Å². The third-order valence-electron chi connectivity index (χ3n) is 4.78. The van der Waals surface area contributed by atoms with Gasteiger partial charge in [-0.2, -0.15) is 0 Å². The highest BCUT2D eigenvalue weighted by atomic mass is 32.2. The molecule has 31 heavy (non-hydrogen) atoms. The van der Waals surface area contributed by atoms with Crippen LogP contribution < -0.4 is 15.4 Å². The van der Waals surface area contributed by atoms with Crippen LogP contribution in [-0.4, -0.2) is 47.6 Å². The van der Waals surface area contributed by atoms with Crippen LogP contribution in [0.1, 0.15) is 6.92 Å². The van der Waals surface area contributed by atoms with Gasteiger partial charge < -0.3 is 20.1 Å². The number of imidazole rings is 1. The number of hydrogen-bond donors (Lipinski definition) is 2. The van der Waals surface area contributed by atoms with Crippen molar-refractivity contribution in [3.05, 3.63) is 59.8 Å². The normalized spacial score (nSPS) is 13.7. The van der Waals surface area contributed by atoms with E-state index in [1.807, 2.05) is 53.1 Å². The van der Waals surface area contributed by atoms with E-state index in [9.17, 15) is 9.59 Å². The van der Waals surface area contributed by atoms with Crippen molar-refractivity contribution in [1.82, 2.24) is 20.2 Å². The van der Waals surface area contributed by atoms with Gasteiger partial charge in [-0.15, -0.1) is 0 Å². The maximum atomic E-state index is 12.3. The number of para-hydroxylation sites is 2. The van der Waals surface area contributed by atoms with Gasteiger partial charge in [0, 0.05) is 17.1 Å². The van der Waals surface area contributed by atoms with Crippen LogP contribution in [-0.2, 0) is 9.53 Å². The number of nitrogens with one attached hydrogen (secondary N) is 2. The fraction of sp³-hybridized carbons (Fsp3) is 0.227. The van der Waals surface area contributed by atoms with Crippen molar-refractivity contribution in [2.75, 3.05) is 26.0 Å². The molecule has 2 amide bonds. The van der Waals surface area contributed by atoms with Gasteiger partial charge in [-0.05, 0) is 43.3 Å². The second-order valence-corrected chi connectivity index (χ2v) is 7.63. The van der Waals surface area contributed by atoms with E-state index in [0.29, 0.717) is 17.0 Å². The third-order valence-corrected chi connectivity index (χ3v) is 5.75. The lowest BCUT2D eigenvalue weighted by Gasteiger charge is -2.21. The molecule has 1 aromatic heterocycles. The van der Waals surface area contributed by atoms with Gasteiger partial charge in [-0.25, -0.2) is 14.6 Å². The molecule has 2 N–H and O–H groups in total. The van der Waals surface area contributed by atoms with Crippen LogP contribution in [0, 0.1) is 0 Å². The number of aromatic nitrogens is 2. The smallest absolute Gasteiger partial charge is 0.337 e. The first kappa shape index (κ1) is 20.8. The summed E-state index contributed by atoms with van der Waals surface area (Å²) >= 11 is 1.44. The van der Waals surface area contributed by atoms with E-state index in [-0.39, 0.29) is 19.2 Å². The van der Waals surface area contributed by atoms with E-state index in [1.54, 1.807) is 14.0 Å². The molecular formula is C22H22N4O4S. The first-order valence-electron chi connectivity index (χ1n) is 9.79. The first-order chi connectivity index (χ1) is 15.1. The van der Waals surface area contributed by atoms with Gasteiger partial charge >= 0.3 is 12.0 Å². The van der Waals surface area contributed by atoms with Gasteiger partial charge in [0.25, 0.3) is 0 Å². The van der Waals surface area contributed by atoms with Crippen molar-refractivity contribution in [1.29, 1.82) is 0 Å². The summed E-state index contributed by atoms with van der Waals surface area (Å²) in [4.78, 5) is 28.9. The van der Waals surface area contributed by atoms with E-state index in [1.165, 1.54) is 11.8 Å². The van der Waals surface area contributed by atoms with Crippen LogP contribution >= 0.6 is 11.8 Å². The number of methoxy groups -OCH3 is 1. The van der Waals surface area contributed by atoms with Crippen LogP contribution in [0.15, 0.2) is 65.0 Å². The number of thioether (sulfide) groups is 1. The molecule has 2 heterocycles. The molecule has 0 bridgehead atoms. The van der Waals surface area contributed by atoms with Gasteiger partial charge in [0.05, 0.1) is 36.9 Å². The maximum absolute atomic E-state index is 12.3. The maximum Gasteiger partial charge on any atom is 0.337 e. The number of carbonyl (C=O) groups excluding carboxylic acids is 2. The van der Waals surface area contributed by atoms with Gasteiger partial charge in [-0.1, -0.05) is 23.9 Å². The number of ether oxygens (including phenoxy) is 2. The minimum absolute atomic E-state index is 0.134. The predicted molar refractivity (Wildman–Crippen MR) is 119 cm³/mol. The van der Waals surface area contributed by atoms with Crippen molar-refractivity contribution in [2.24, 2.45) is 0 Å². The number of esters is 1. The number of urea groups is 1. The van der Waals surface area contributed by atoms with E-state index < -0.39 is 5.97 Å². The number of rotatable bonds is 7. The monoisotopic (exact) mass is 438 g/mol. The van der Waals surface area contributed by atoms with Crippen LogP contribution in [0.4, 0.5) is 4.79 Å². The van der Waals surface area contributed by atoms with Crippen molar-refractivity contribution in [3.63, 3.8) is 0 Å². The number of amides is 2. The van der Waals surface area contributed by atoms with Gasteiger partial charge in [0.15, 0.2) is 5.16 Å². The van der Waals surface area contributed by atoms with Crippen LogP contribution in [0.5, 0.6) is 5.75 Å². The molecule has 0 unspecified atom stereocenters. The molecule has 8 nitrogen and oxygen atoms in total. The number of nitrogens with zero attached hydrogens (tertiary/aromatic N) is 2. The zero-order chi connectivity index (χ0) is 21.8. The molecule has 0 fully saturated rings. The van der Waals surface area contributed by atoms with Crippen LogP contribution in [0.3, 0.4) is 0 Å². The summed E-state index contributed by atoms with van der Waals surface area (Å²) in [5.41, 5.74) is 3.70. The lowest BCUT2D eigenvalue weighted by atomic mass is 10.2. The molecule has 3 aromatic rings. The molecule has 2 aromatic carbocycles. The van der Waals surface area contributed by atoms with Crippen molar-refractivity contribution in [2.45, 2.75) is 12.1 Å². The average molecular weight is 439 g/mol. The van der Waals surface area contributed by atoms with E-state index in [4.69, 9.17) is 14.5 Å². The topological polar surface area (TPSA) is 94.5 Å². The van der Waals surface area contributed by atoms with Crippen LogP contribution in [0.25, 0.3) is 16.7 Å². The summed E-state index contributed by atoms with van der Waals surface area (Å²) in [6.07, 6.45) is 0. The van der Waals surface area contributed by atoms with Crippen molar-refractivity contribution >= 4 is 34.8 Å². The van der Waals surface area contributed by atoms with Gasteiger partial charge in [-0.3, -0.25) is 4.57 Å². The molecule has 0 radical (unpaired) electrons. The van der Waals surface area contributed by atoms with Crippen LogP contribution in [0.2, 0.25) is 0 Å². The van der Waals surface area contributed by atoms with Gasteiger partial charge in [0.1, 0.15) is 5.75 Å². The minimum Gasteiger partial charge on any atom is -0.497 e. The Hall–Kier alpha value is -3.46. The highest BCUT2D eigenvalue weighted by Gasteiger charge is 2.24. The first-order valence-corrected chi connectivity index (χ1v) is 10.8. The Morgan fingerprint density at radius 3 is 2.71 bits per heavy atom. The highest BCUT2D eigenvalue weighted by Crippen LogP contribution is 2.30. The fourth-order valence-corrected chi connectivity index (χ4v) is 4.30. The summed E-state index contributed by atoms with van der Waals surface area (Å²) in [7, 11) is 1.63. The molecular weight excluding hydrogens is 416 g/mol. The second-order valence-electron chi connectivity index (χ2n) is 6.69. The lowest BCUT2D eigenvalue weighted by Crippen LogP contribution is -2.44. The fourth-order valence-electron chi connectivity index (χ4n) is 3.29. The van der Waals surface area contributed by atoms with E-state index in [0.717, 1.165) is 27.6 Å². The third kappa shape index (κ3) is 4.36. The minimum atomic E-state index is -0.436. The van der Waals surface area contributed by atoms with Gasteiger partial charge in [0.2, 0.25) is 0 Å². The molecule has 0 spiro atoms. The Morgan fingerprint density at radius 1 is 1.19 bits per heavy atom. The molecule has 0 saturated heterocycles. The summed E-state index contributed by atoms with van der Waals surface area (Å²) in [6.45, 7) is 2.15. The number of carbonyl (C=O) groups is 2. The summed E-state index contributed by atoms with van der Waals surface area (Å²) in [5.74, 6) is 0.694. The zero-order valence-electron chi connectivity index (χ0n) is 17.2. The second kappa shape index (κ2) is 9.13. The number of fused-ring (bicyclic) bond motifs is 1. The molecule has 1 aliphatic rings. The quantitative estimate of drug-likeness (QED) is 0.434. The Kier molecular flexibility index (Phi) is 6.13. The molecule has 160 valence electrons. The van der Waals surface area contributed by atoms with E-state index >= 15 is 0 Å². The van der Waals surface area contributed by atoms with E-state index in [2.05, 4.69) is 10.6 Å². The summed E-state index contributed by atoms with van der Waals surface area (Å²) in [6, 6.07) is 15.2.